The summed E-state index contributed by atoms with van der Waals surface area (Å²) in [7, 11) is 0. The Morgan fingerprint density at radius 3 is 2.71 bits per heavy atom. The van der Waals surface area contributed by atoms with Crippen LogP contribution in [0.15, 0.2) is 12.5 Å². The van der Waals surface area contributed by atoms with Gasteiger partial charge in [-0.2, -0.15) is 0 Å². The van der Waals surface area contributed by atoms with Crippen LogP contribution in [0.25, 0.3) is 0 Å². The van der Waals surface area contributed by atoms with Gasteiger partial charge in [0.2, 0.25) is 0 Å². The highest BCUT2D eigenvalue weighted by atomic mass is 16.6. The van der Waals surface area contributed by atoms with Gasteiger partial charge in [0.1, 0.15) is 5.60 Å². The smallest absolute Gasteiger partial charge is 0.408 e. The summed E-state index contributed by atoms with van der Waals surface area (Å²) in [6, 6.07) is -0.117. The highest BCUT2D eigenvalue weighted by Gasteiger charge is 2.28. The molecule has 0 aliphatic heterocycles. The van der Waals surface area contributed by atoms with Gasteiger partial charge in [-0.3, -0.25) is 0 Å². The van der Waals surface area contributed by atoms with Gasteiger partial charge in [-0.15, -0.1) is 0 Å². The quantitative estimate of drug-likeness (QED) is 0.903. The van der Waals surface area contributed by atoms with Crippen LogP contribution in [-0.4, -0.2) is 21.2 Å². The van der Waals surface area contributed by atoms with E-state index in [9.17, 15) is 4.79 Å². The van der Waals surface area contributed by atoms with Gasteiger partial charge >= 0.3 is 6.09 Å². The molecule has 1 aromatic rings. The summed E-state index contributed by atoms with van der Waals surface area (Å²) in [4.78, 5) is 16.1. The third-order valence-electron chi connectivity index (χ3n) is 3.83. The second-order valence-corrected chi connectivity index (χ2v) is 7.15. The zero-order valence-electron chi connectivity index (χ0n) is 13.7. The molecule has 1 aliphatic carbocycles. The predicted molar refractivity (Wildman–Crippen MR) is 81.9 cm³/mol. The first-order chi connectivity index (χ1) is 9.76. The summed E-state index contributed by atoms with van der Waals surface area (Å²) >= 11 is 0. The maximum atomic E-state index is 11.9. The molecule has 0 aromatic carbocycles. The number of ether oxygens (including phenoxy) is 1. The number of alkyl carbamates (subject to hydrolysis) is 1. The number of imidazole rings is 1. The molecule has 5 heteroatoms. The third-order valence-corrected chi connectivity index (χ3v) is 3.83. The van der Waals surface area contributed by atoms with Crippen LogP contribution >= 0.6 is 0 Å². The molecule has 1 aliphatic rings. The largest absolute Gasteiger partial charge is 0.444 e. The fourth-order valence-electron chi connectivity index (χ4n) is 2.53. The molecule has 0 spiro atoms. The topological polar surface area (TPSA) is 56.2 Å². The van der Waals surface area contributed by atoms with Gasteiger partial charge in [0.05, 0.1) is 24.3 Å². The molecule has 5 nitrogen and oxygen atoms in total. The van der Waals surface area contributed by atoms with Gasteiger partial charge in [-0.25, -0.2) is 9.78 Å². The molecule has 0 radical (unpaired) electrons. The van der Waals surface area contributed by atoms with Crippen molar-refractivity contribution in [2.24, 2.45) is 11.8 Å². The van der Waals surface area contributed by atoms with Crippen molar-refractivity contribution in [3.63, 3.8) is 0 Å². The lowest BCUT2D eigenvalue weighted by Crippen LogP contribution is -2.34. The maximum Gasteiger partial charge on any atom is 0.408 e. The van der Waals surface area contributed by atoms with Crippen LogP contribution < -0.4 is 5.32 Å². The van der Waals surface area contributed by atoms with Crippen LogP contribution in [0.5, 0.6) is 0 Å². The first kappa shape index (κ1) is 15.9. The average Bonchev–Trinajstić information content (AvgIpc) is 3.07. The van der Waals surface area contributed by atoms with Crippen molar-refractivity contribution in [3.8, 4) is 0 Å². The molecule has 21 heavy (non-hydrogen) atoms. The Morgan fingerprint density at radius 2 is 2.14 bits per heavy atom. The molecule has 1 saturated carbocycles. The van der Waals surface area contributed by atoms with Crippen LogP contribution in [0.4, 0.5) is 4.79 Å². The van der Waals surface area contributed by atoms with Crippen LogP contribution in [-0.2, 0) is 11.3 Å². The standard InChI is InChI=1S/C16H27N3O2/c1-11(13-6-7-13)9-19-10-17-8-14(19)12(2)18-15(20)21-16(3,4)5/h8,10-13H,6-7,9H2,1-5H3,(H,18,20)/t11?,12-/m0/s1. The van der Waals surface area contributed by atoms with Crippen molar-refractivity contribution in [3.05, 3.63) is 18.2 Å². The fourth-order valence-corrected chi connectivity index (χ4v) is 2.53. The Hall–Kier alpha value is -1.52. The SMILES string of the molecule is CC(Cn1cncc1[C@H](C)NC(=O)OC(C)(C)C)C1CC1. The number of aromatic nitrogens is 2. The molecule has 1 aromatic heterocycles. The van der Waals surface area contributed by atoms with Crippen molar-refractivity contribution in [1.29, 1.82) is 0 Å². The van der Waals surface area contributed by atoms with Crippen molar-refractivity contribution >= 4 is 6.09 Å². The normalized spacial score (nSPS) is 18.1. The minimum atomic E-state index is -0.482. The Bertz CT molecular complexity index is 486. The minimum Gasteiger partial charge on any atom is -0.444 e. The molecular formula is C16H27N3O2. The second kappa shape index (κ2) is 6.08. The fraction of sp³-hybridized carbons (Fsp3) is 0.750. The lowest BCUT2D eigenvalue weighted by atomic mass is 10.1. The lowest BCUT2D eigenvalue weighted by molar-refractivity contribution is 0.0506. The van der Waals surface area contributed by atoms with Crippen LogP contribution in [0, 0.1) is 11.8 Å². The van der Waals surface area contributed by atoms with Gasteiger partial charge in [0.25, 0.3) is 0 Å². The highest BCUT2D eigenvalue weighted by Crippen LogP contribution is 2.37. The van der Waals surface area contributed by atoms with E-state index >= 15 is 0 Å². The number of hydrogen-bond acceptors (Lipinski definition) is 3. The number of nitrogens with zero attached hydrogens (tertiary/aromatic N) is 2. The second-order valence-electron chi connectivity index (χ2n) is 7.15. The van der Waals surface area contributed by atoms with Crippen molar-refractivity contribution in [2.75, 3.05) is 0 Å². The molecular weight excluding hydrogens is 266 g/mol. The Morgan fingerprint density at radius 1 is 1.48 bits per heavy atom. The highest BCUT2D eigenvalue weighted by molar-refractivity contribution is 5.68. The molecule has 0 saturated heterocycles. The minimum absolute atomic E-state index is 0.117. The maximum absolute atomic E-state index is 11.9. The Labute approximate surface area is 127 Å². The number of hydrogen-bond donors (Lipinski definition) is 1. The van der Waals surface area contributed by atoms with Crippen LogP contribution in [0.2, 0.25) is 0 Å². The van der Waals surface area contributed by atoms with E-state index in [0.29, 0.717) is 5.92 Å². The number of rotatable bonds is 5. The van der Waals surface area contributed by atoms with Crippen molar-refractivity contribution < 1.29 is 9.53 Å². The number of nitrogens with one attached hydrogen (secondary N) is 1. The molecule has 118 valence electrons. The molecule has 1 unspecified atom stereocenters. The van der Waals surface area contributed by atoms with Crippen molar-refractivity contribution in [2.45, 2.75) is 65.6 Å². The predicted octanol–water partition coefficient (Wildman–Crippen LogP) is 3.51. The summed E-state index contributed by atoms with van der Waals surface area (Å²) in [5.74, 6) is 1.51. The summed E-state index contributed by atoms with van der Waals surface area (Å²) in [6.07, 6.45) is 5.97. The molecule has 2 atom stereocenters. The van der Waals surface area contributed by atoms with E-state index in [1.54, 1.807) is 0 Å². The van der Waals surface area contributed by atoms with Gasteiger partial charge in [0, 0.05) is 6.54 Å². The Balaban J connectivity index is 1.94. The van der Waals surface area contributed by atoms with Crippen LogP contribution in [0.1, 0.15) is 59.2 Å². The number of amides is 1. The average molecular weight is 293 g/mol. The monoisotopic (exact) mass is 293 g/mol. The molecule has 1 amide bonds. The number of carbonyl (C=O) groups excluding carboxylic acids is 1. The van der Waals surface area contributed by atoms with Crippen molar-refractivity contribution in [1.82, 2.24) is 14.9 Å². The first-order valence-corrected chi connectivity index (χ1v) is 7.76. The van der Waals surface area contributed by atoms with E-state index < -0.39 is 11.7 Å². The first-order valence-electron chi connectivity index (χ1n) is 7.76. The van der Waals surface area contributed by atoms with Gasteiger partial charge in [-0.1, -0.05) is 6.92 Å². The number of carbonyl (C=O) groups is 1. The summed E-state index contributed by atoms with van der Waals surface area (Å²) < 4.78 is 7.44. The third kappa shape index (κ3) is 4.76. The van der Waals surface area contributed by atoms with E-state index in [2.05, 4.69) is 21.8 Å². The Kier molecular flexibility index (Phi) is 4.59. The van der Waals surface area contributed by atoms with Crippen LogP contribution in [0.3, 0.4) is 0 Å². The summed E-state index contributed by atoms with van der Waals surface area (Å²) in [6.45, 7) is 10.8. The molecule has 1 N–H and O–H groups in total. The van der Waals surface area contributed by atoms with E-state index in [0.717, 1.165) is 18.2 Å². The van der Waals surface area contributed by atoms with E-state index in [4.69, 9.17) is 4.74 Å². The summed E-state index contributed by atoms with van der Waals surface area (Å²) in [5.41, 5.74) is 0.540. The molecule has 0 bridgehead atoms. The van der Waals surface area contributed by atoms with Gasteiger partial charge < -0.3 is 14.6 Å². The zero-order valence-corrected chi connectivity index (χ0v) is 13.7. The van der Waals surface area contributed by atoms with Gasteiger partial charge in [-0.05, 0) is 52.4 Å². The van der Waals surface area contributed by atoms with E-state index in [1.807, 2.05) is 40.2 Å². The van der Waals surface area contributed by atoms with Gasteiger partial charge in [0.15, 0.2) is 0 Å². The summed E-state index contributed by atoms with van der Waals surface area (Å²) in [5, 5.41) is 2.88. The molecule has 1 heterocycles. The van der Waals surface area contributed by atoms with E-state index in [-0.39, 0.29) is 6.04 Å². The molecule has 1 fully saturated rings. The lowest BCUT2D eigenvalue weighted by Gasteiger charge is -2.23. The van der Waals surface area contributed by atoms with E-state index in [1.165, 1.54) is 12.8 Å². The molecule has 2 rings (SSSR count). The zero-order chi connectivity index (χ0) is 15.6.